The minimum atomic E-state index is -0.0154. The number of carbonyl (C=O) groups is 1. The number of hydrogen-bond acceptors (Lipinski definition) is 2. The Morgan fingerprint density at radius 1 is 1.36 bits per heavy atom. The normalized spacial score (nSPS) is 35.5. The van der Waals surface area contributed by atoms with E-state index in [4.69, 9.17) is 4.74 Å². The van der Waals surface area contributed by atoms with Gasteiger partial charge in [0.05, 0.1) is 5.92 Å². The highest BCUT2D eigenvalue weighted by Gasteiger charge is 2.41. The fourth-order valence-corrected chi connectivity index (χ4v) is 3.99. The molecule has 0 bridgehead atoms. The minimum Gasteiger partial charge on any atom is -0.461 e. The van der Waals surface area contributed by atoms with Crippen LogP contribution in [-0.4, -0.2) is 12.1 Å². The van der Waals surface area contributed by atoms with Gasteiger partial charge >= 0.3 is 5.97 Å². The zero-order chi connectivity index (χ0) is 16.3. The zero-order valence-electron chi connectivity index (χ0n) is 14.8. The lowest BCUT2D eigenvalue weighted by molar-refractivity contribution is -0.158. The molecule has 0 N–H and O–H groups in total. The highest BCUT2D eigenvalue weighted by atomic mass is 16.5. The molecule has 0 amide bonds. The molecule has 0 spiro atoms. The fourth-order valence-electron chi connectivity index (χ4n) is 3.99. The van der Waals surface area contributed by atoms with Crippen molar-refractivity contribution in [2.45, 2.75) is 66.4 Å². The Morgan fingerprint density at radius 3 is 2.73 bits per heavy atom. The van der Waals surface area contributed by atoms with E-state index in [1.54, 1.807) is 0 Å². The summed E-state index contributed by atoms with van der Waals surface area (Å²) < 4.78 is 6.00. The van der Waals surface area contributed by atoms with E-state index in [1.807, 2.05) is 13.8 Å². The van der Waals surface area contributed by atoms with Crippen LogP contribution in [0.15, 0.2) is 23.8 Å². The number of esters is 1. The van der Waals surface area contributed by atoms with Gasteiger partial charge in [-0.15, -0.1) is 0 Å². The molecule has 0 heterocycles. The summed E-state index contributed by atoms with van der Waals surface area (Å²) in [4.78, 5) is 12.3. The molecular weight excluding hydrogens is 272 g/mol. The molecule has 0 radical (unpaired) electrons. The molecule has 0 aromatic heterocycles. The largest absolute Gasteiger partial charge is 0.461 e. The number of fused-ring (bicyclic) bond motifs is 1. The van der Waals surface area contributed by atoms with E-state index < -0.39 is 0 Å². The first-order valence-corrected chi connectivity index (χ1v) is 9.08. The van der Waals surface area contributed by atoms with Crippen molar-refractivity contribution in [2.24, 2.45) is 29.6 Å². The molecule has 0 aromatic carbocycles. The summed E-state index contributed by atoms with van der Waals surface area (Å²) in [6, 6.07) is 0. The Bertz CT molecular complexity index is 449. The van der Waals surface area contributed by atoms with Gasteiger partial charge in [-0.1, -0.05) is 59.3 Å². The van der Waals surface area contributed by atoms with E-state index in [0.717, 1.165) is 12.8 Å². The Kier molecular flexibility index (Phi) is 5.88. The molecular formula is C20H32O2. The maximum Gasteiger partial charge on any atom is 0.308 e. The summed E-state index contributed by atoms with van der Waals surface area (Å²) in [6.45, 7) is 10.8. The van der Waals surface area contributed by atoms with Crippen LogP contribution < -0.4 is 0 Å². The molecule has 0 saturated heterocycles. The van der Waals surface area contributed by atoms with Crippen LogP contribution in [0.2, 0.25) is 0 Å². The number of rotatable bonds is 5. The summed E-state index contributed by atoms with van der Waals surface area (Å²) in [5.74, 6) is 2.04. The van der Waals surface area contributed by atoms with E-state index in [1.165, 1.54) is 18.4 Å². The standard InChI is InChI=1S/C20H32O2/c1-6-8-17-15(5)9-10-16-11-13(3)12-18(19(16)17)22-20(21)14(4)7-2/h9-11,13-15,17-19H,6-8,12H2,1-5H3/t13-,14?,15?,17?,18?,19?/m0/s1. The maximum atomic E-state index is 12.3. The molecule has 0 fully saturated rings. The molecule has 2 nitrogen and oxygen atoms in total. The summed E-state index contributed by atoms with van der Waals surface area (Å²) in [5.41, 5.74) is 1.40. The van der Waals surface area contributed by atoms with Crippen LogP contribution in [0.4, 0.5) is 0 Å². The zero-order valence-corrected chi connectivity index (χ0v) is 14.8. The van der Waals surface area contributed by atoms with Gasteiger partial charge in [-0.05, 0) is 42.6 Å². The van der Waals surface area contributed by atoms with Crippen molar-refractivity contribution in [1.82, 2.24) is 0 Å². The Balaban J connectivity index is 2.24. The van der Waals surface area contributed by atoms with Crippen LogP contribution in [0.25, 0.3) is 0 Å². The van der Waals surface area contributed by atoms with Crippen molar-refractivity contribution in [3.05, 3.63) is 23.8 Å². The molecule has 2 rings (SSSR count). The average Bonchev–Trinajstić information content (AvgIpc) is 2.49. The molecule has 124 valence electrons. The average molecular weight is 304 g/mol. The Labute approximate surface area is 136 Å². The van der Waals surface area contributed by atoms with Crippen molar-refractivity contribution in [2.75, 3.05) is 0 Å². The van der Waals surface area contributed by atoms with E-state index in [0.29, 0.717) is 23.7 Å². The fraction of sp³-hybridized carbons (Fsp3) is 0.750. The first-order chi connectivity index (χ1) is 10.5. The molecule has 2 aliphatic rings. The first-order valence-electron chi connectivity index (χ1n) is 9.08. The maximum absolute atomic E-state index is 12.3. The molecule has 6 atom stereocenters. The highest BCUT2D eigenvalue weighted by Crippen LogP contribution is 2.44. The number of hydrogen-bond donors (Lipinski definition) is 0. The van der Waals surface area contributed by atoms with Gasteiger partial charge in [0.25, 0.3) is 0 Å². The summed E-state index contributed by atoms with van der Waals surface area (Å²) in [5, 5.41) is 0. The quantitative estimate of drug-likeness (QED) is 0.657. The van der Waals surface area contributed by atoms with Crippen molar-refractivity contribution in [3.63, 3.8) is 0 Å². The monoisotopic (exact) mass is 304 g/mol. The summed E-state index contributed by atoms with van der Waals surface area (Å²) >= 11 is 0. The van der Waals surface area contributed by atoms with Gasteiger partial charge < -0.3 is 4.74 Å². The van der Waals surface area contributed by atoms with E-state index in [-0.39, 0.29) is 18.0 Å². The number of allylic oxidation sites excluding steroid dienone is 3. The second-order valence-corrected chi connectivity index (χ2v) is 7.36. The van der Waals surface area contributed by atoms with E-state index >= 15 is 0 Å². The third-order valence-corrected chi connectivity index (χ3v) is 5.50. The third kappa shape index (κ3) is 3.64. The number of carbonyl (C=O) groups excluding carboxylic acids is 1. The predicted octanol–water partition coefficient (Wildman–Crippen LogP) is 5.15. The van der Waals surface area contributed by atoms with Gasteiger partial charge in [-0.3, -0.25) is 4.79 Å². The lowest BCUT2D eigenvalue weighted by Crippen LogP contribution is -2.41. The van der Waals surface area contributed by atoms with Crippen LogP contribution in [0.1, 0.15) is 60.3 Å². The lowest BCUT2D eigenvalue weighted by atomic mass is 9.65. The third-order valence-electron chi connectivity index (χ3n) is 5.50. The van der Waals surface area contributed by atoms with Gasteiger partial charge in [0, 0.05) is 5.92 Å². The van der Waals surface area contributed by atoms with Gasteiger partial charge in [0.2, 0.25) is 0 Å². The Hall–Kier alpha value is -1.05. The summed E-state index contributed by atoms with van der Waals surface area (Å²) in [6.07, 6.45) is 11.3. The molecule has 5 unspecified atom stereocenters. The van der Waals surface area contributed by atoms with Crippen LogP contribution in [0, 0.1) is 29.6 Å². The molecule has 0 aliphatic heterocycles. The van der Waals surface area contributed by atoms with Gasteiger partial charge in [0.15, 0.2) is 0 Å². The van der Waals surface area contributed by atoms with Crippen LogP contribution in [0.5, 0.6) is 0 Å². The first kappa shape index (κ1) is 17.3. The van der Waals surface area contributed by atoms with Crippen LogP contribution >= 0.6 is 0 Å². The molecule has 0 aromatic rings. The van der Waals surface area contributed by atoms with E-state index in [2.05, 4.69) is 39.0 Å². The Morgan fingerprint density at radius 2 is 2.09 bits per heavy atom. The van der Waals surface area contributed by atoms with Crippen molar-refractivity contribution < 1.29 is 9.53 Å². The van der Waals surface area contributed by atoms with Crippen molar-refractivity contribution >= 4 is 5.97 Å². The molecule has 0 saturated carbocycles. The molecule has 22 heavy (non-hydrogen) atoms. The topological polar surface area (TPSA) is 26.3 Å². The summed E-state index contributed by atoms with van der Waals surface area (Å²) in [7, 11) is 0. The van der Waals surface area contributed by atoms with Crippen LogP contribution in [-0.2, 0) is 9.53 Å². The SMILES string of the molecule is CCCC1C(C)C=CC2=C[C@H](C)CC(OC(=O)C(C)CC)C21. The van der Waals surface area contributed by atoms with Crippen molar-refractivity contribution in [1.29, 1.82) is 0 Å². The number of ether oxygens (including phenoxy) is 1. The molecule has 2 aliphatic carbocycles. The second-order valence-electron chi connectivity index (χ2n) is 7.36. The second kappa shape index (κ2) is 7.48. The predicted molar refractivity (Wildman–Crippen MR) is 91.4 cm³/mol. The molecule has 2 heteroatoms. The lowest BCUT2D eigenvalue weighted by Gasteiger charge is -2.43. The van der Waals surface area contributed by atoms with Gasteiger partial charge in [0.1, 0.15) is 6.10 Å². The van der Waals surface area contributed by atoms with Gasteiger partial charge in [-0.2, -0.15) is 0 Å². The van der Waals surface area contributed by atoms with Crippen LogP contribution in [0.3, 0.4) is 0 Å². The van der Waals surface area contributed by atoms with Gasteiger partial charge in [-0.25, -0.2) is 0 Å². The minimum absolute atomic E-state index is 0.00541. The van der Waals surface area contributed by atoms with E-state index in [9.17, 15) is 4.79 Å². The smallest absolute Gasteiger partial charge is 0.308 e. The van der Waals surface area contributed by atoms with Crippen molar-refractivity contribution in [3.8, 4) is 0 Å². The highest BCUT2D eigenvalue weighted by molar-refractivity contribution is 5.72.